The summed E-state index contributed by atoms with van der Waals surface area (Å²) in [6, 6.07) is 12.9. The Labute approximate surface area is 148 Å². The van der Waals surface area contributed by atoms with Gasteiger partial charge in [-0.25, -0.2) is 4.98 Å². The molecule has 0 aliphatic carbocycles. The Hall–Kier alpha value is -2.69. The number of carbonyl (C=O) groups is 2. The minimum absolute atomic E-state index is 0.0896. The highest BCUT2D eigenvalue weighted by atomic mass is 16.2. The van der Waals surface area contributed by atoms with Gasteiger partial charge in [-0.3, -0.25) is 9.59 Å². The van der Waals surface area contributed by atoms with Gasteiger partial charge in [-0.15, -0.1) is 0 Å². The van der Waals surface area contributed by atoms with Crippen LogP contribution in [0.2, 0.25) is 0 Å². The zero-order valence-electron chi connectivity index (χ0n) is 14.5. The molecule has 3 rings (SSSR count). The summed E-state index contributed by atoms with van der Waals surface area (Å²) in [6.45, 7) is 3.99. The standard InChI is InChI=1S/C20H23N3O2/c1-15-8-3-4-9-16(15)14-21-19(24)17-10-7-11-18(22-17)20(25)23-12-5-2-6-13-23/h3-4,7-11H,2,5-6,12-14H2,1H3,(H,21,24). The van der Waals surface area contributed by atoms with E-state index >= 15 is 0 Å². The van der Waals surface area contributed by atoms with E-state index in [-0.39, 0.29) is 17.5 Å². The summed E-state index contributed by atoms with van der Waals surface area (Å²) in [5.41, 5.74) is 2.81. The molecule has 0 spiro atoms. The molecule has 0 radical (unpaired) electrons. The molecule has 2 amide bonds. The molecule has 1 fully saturated rings. The van der Waals surface area contributed by atoms with Crippen LogP contribution in [0.15, 0.2) is 42.5 Å². The predicted octanol–water partition coefficient (Wildman–Crippen LogP) is 2.95. The maximum Gasteiger partial charge on any atom is 0.272 e. The maximum absolute atomic E-state index is 12.5. The van der Waals surface area contributed by atoms with Gasteiger partial charge in [0.05, 0.1) is 0 Å². The smallest absolute Gasteiger partial charge is 0.272 e. The van der Waals surface area contributed by atoms with Gasteiger partial charge in [-0.1, -0.05) is 30.3 Å². The van der Waals surface area contributed by atoms with Crippen molar-refractivity contribution in [2.45, 2.75) is 32.7 Å². The van der Waals surface area contributed by atoms with Crippen LogP contribution in [-0.4, -0.2) is 34.8 Å². The van der Waals surface area contributed by atoms with Gasteiger partial charge in [0.15, 0.2) is 0 Å². The highest BCUT2D eigenvalue weighted by molar-refractivity contribution is 5.96. The van der Waals surface area contributed by atoms with Gasteiger partial charge >= 0.3 is 0 Å². The highest BCUT2D eigenvalue weighted by Crippen LogP contribution is 2.12. The molecule has 0 unspecified atom stereocenters. The van der Waals surface area contributed by atoms with E-state index in [2.05, 4.69) is 10.3 Å². The normalized spacial score (nSPS) is 14.2. The average molecular weight is 337 g/mol. The zero-order chi connectivity index (χ0) is 17.6. The van der Waals surface area contributed by atoms with Crippen molar-refractivity contribution in [3.8, 4) is 0 Å². The second kappa shape index (κ2) is 7.92. The van der Waals surface area contributed by atoms with Gasteiger partial charge in [0.2, 0.25) is 0 Å². The van der Waals surface area contributed by atoms with E-state index in [9.17, 15) is 9.59 Å². The van der Waals surface area contributed by atoms with Crippen molar-refractivity contribution in [1.29, 1.82) is 0 Å². The fraction of sp³-hybridized carbons (Fsp3) is 0.350. The quantitative estimate of drug-likeness (QED) is 0.933. The monoisotopic (exact) mass is 337 g/mol. The Morgan fingerprint density at radius 1 is 1.00 bits per heavy atom. The van der Waals surface area contributed by atoms with Crippen LogP contribution >= 0.6 is 0 Å². The lowest BCUT2D eigenvalue weighted by atomic mass is 10.1. The summed E-state index contributed by atoms with van der Waals surface area (Å²) in [5, 5.41) is 2.88. The number of amides is 2. The van der Waals surface area contributed by atoms with Crippen molar-refractivity contribution in [3.63, 3.8) is 0 Å². The third-order valence-corrected chi connectivity index (χ3v) is 4.54. The van der Waals surface area contributed by atoms with E-state index < -0.39 is 0 Å². The van der Waals surface area contributed by atoms with Gasteiger partial charge < -0.3 is 10.2 Å². The first kappa shape index (κ1) is 17.1. The number of benzene rings is 1. The second-order valence-corrected chi connectivity index (χ2v) is 6.37. The van der Waals surface area contributed by atoms with Crippen LogP contribution in [0.5, 0.6) is 0 Å². The first-order chi connectivity index (χ1) is 12.1. The van der Waals surface area contributed by atoms with Crippen molar-refractivity contribution in [2.24, 2.45) is 0 Å². The van der Waals surface area contributed by atoms with E-state index in [0.29, 0.717) is 12.2 Å². The molecule has 1 aliphatic rings. The molecule has 0 saturated carbocycles. The third kappa shape index (κ3) is 4.24. The highest BCUT2D eigenvalue weighted by Gasteiger charge is 2.20. The van der Waals surface area contributed by atoms with Crippen molar-refractivity contribution in [3.05, 3.63) is 65.0 Å². The van der Waals surface area contributed by atoms with Gasteiger partial charge in [0, 0.05) is 19.6 Å². The zero-order valence-corrected chi connectivity index (χ0v) is 14.5. The van der Waals surface area contributed by atoms with Crippen LogP contribution in [-0.2, 0) is 6.54 Å². The van der Waals surface area contributed by atoms with Crippen LogP contribution in [0, 0.1) is 6.92 Å². The van der Waals surface area contributed by atoms with Crippen LogP contribution in [0.3, 0.4) is 0 Å². The van der Waals surface area contributed by atoms with Gasteiger partial charge in [-0.2, -0.15) is 0 Å². The molecule has 5 nitrogen and oxygen atoms in total. The molecule has 130 valence electrons. The Balaban J connectivity index is 1.67. The van der Waals surface area contributed by atoms with Crippen molar-refractivity contribution in [1.82, 2.24) is 15.2 Å². The van der Waals surface area contributed by atoms with E-state index in [1.54, 1.807) is 18.2 Å². The van der Waals surface area contributed by atoms with Crippen LogP contribution in [0.4, 0.5) is 0 Å². The number of pyridine rings is 1. The van der Waals surface area contributed by atoms with Gasteiger partial charge in [0.1, 0.15) is 11.4 Å². The van der Waals surface area contributed by atoms with E-state index in [1.165, 1.54) is 6.42 Å². The van der Waals surface area contributed by atoms with E-state index in [0.717, 1.165) is 37.1 Å². The molecular weight excluding hydrogens is 314 g/mol. The minimum Gasteiger partial charge on any atom is -0.347 e. The molecule has 1 aromatic carbocycles. The summed E-state index contributed by atoms with van der Waals surface area (Å²) >= 11 is 0. The lowest BCUT2D eigenvalue weighted by Crippen LogP contribution is -2.36. The summed E-state index contributed by atoms with van der Waals surface area (Å²) in [7, 11) is 0. The molecule has 25 heavy (non-hydrogen) atoms. The molecule has 1 saturated heterocycles. The number of nitrogens with one attached hydrogen (secondary N) is 1. The number of carbonyl (C=O) groups excluding carboxylic acids is 2. The molecule has 0 atom stereocenters. The third-order valence-electron chi connectivity index (χ3n) is 4.54. The van der Waals surface area contributed by atoms with Crippen LogP contribution in [0.25, 0.3) is 0 Å². The van der Waals surface area contributed by atoms with Crippen LogP contribution in [0.1, 0.15) is 51.4 Å². The summed E-state index contributed by atoms with van der Waals surface area (Å²) in [5.74, 6) is -0.357. The summed E-state index contributed by atoms with van der Waals surface area (Å²) in [6.07, 6.45) is 3.23. The number of likely N-dealkylation sites (tertiary alicyclic amines) is 1. The number of aromatic nitrogens is 1. The van der Waals surface area contributed by atoms with E-state index in [4.69, 9.17) is 0 Å². The molecule has 0 bridgehead atoms. The van der Waals surface area contributed by atoms with E-state index in [1.807, 2.05) is 36.1 Å². The molecular formula is C20H23N3O2. The number of hydrogen-bond donors (Lipinski definition) is 1. The molecule has 1 aliphatic heterocycles. The van der Waals surface area contributed by atoms with Crippen molar-refractivity contribution < 1.29 is 9.59 Å². The fourth-order valence-corrected chi connectivity index (χ4v) is 3.01. The molecule has 1 aromatic heterocycles. The topological polar surface area (TPSA) is 62.3 Å². The SMILES string of the molecule is Cc1ccccc1CNC(=O)c1cccc(C(=O)N2CCCCC2)n1. The average Bonchev–Trinajstić information content (AvgIpc) is 2.67. The predicted molar refractivity (Wildman–Crippen MR) is 96.3 cm³/mol. The number of nitrogens with zero attached hydrogens (tertiary/aromatic N) is 2. The van der Waals surface area contributed by atoms with Crippen LogP contribution < -0.4 is 5.32 Å². The maximum atomic E-state index is 12.5. The Kier molecular flexibility index (Phi) is 5.43. The fourth-order valence-electron chi connectivity index (χ4n) is 3.01. The molecule has 2 aromatic rings. The first-order valence-electron chi connectivity index (χ1n) is 8.74. The Bertz CT molecular complexity index is 767. The summed E-state index contributed by atoms with van der Waals surface area (Å²) in [4.78, 5) is 31.0. The first-order valence-corrected chi connectivity index (χ1v) is 8.74. The number of aryl methyl sites for hydroxylation is 1. The van der Waals surface area contributed by atoms with Gasteiger partial charge in [0.25, 0.3) is 11.8 Å². The molecule has 1 N–H and O–H groups in total. The van der Waals surface area contributed by atoms with Crippen molar-refractivity contribution >= 4 is 11.8 Å². The molecule has 2 heterocycles. The number of rotatable bonds is 4. The van der Waals surface area contributed by atoms with Gasteiger partial charge in [-0.05, 0) is 49.4 Å². The summed E-state index contributed by atoms with van der Waals surface area (Å²) < 4.78 is 0. The number of hydrogen-bond acceptors (Lipinski definition) is 3. The Morgan fingerprint density at radius 3 is 2.48 bits per heavy atom. The Morgan fingerprint density at radius 2 is 1.72 bits per heavy atom. The minimum atomic E-state index is -0.267. The lowest BCUT2D eigenvalue weighted by molar-refractivity contribution is 0.0718. The molecule has 5 heteroatoms. The number of piperidine rings is 1. The lowest BCUT2D eigenvalue weighted by Gasteiger charge is -2.26. The largest absolute Gasteiger partial charge is 0.347 e. The second-order valence-electron chi connectivity index (χ2n) is 6.37. The van der Waals surface area contributed by atoms with Crippen molar-refractivity contribution in [2.75, 3.05) is 13.1 Å².